The van der Waals surface area contributed by atoms with Crippen molar-refractivity contribution in [3.63, 3.8) is 0 Å². The minimum atomic E-state index is -0.485. The fourth-order valence-corrected chi connectivity index (χ4v) is 4.40. The van der Waals surface area contributed by atoms with Gasteiger partial charge in [0.15, 0.2) is 0 Å². The predicted octanol–water partition coefficient (Wildman–Crippen LogP) is 2.53. The molecule has 3 rings (SSSR count). The van der Waals surface area contributed by atoms with Crippen molar-refractivity contribution < 1.29 is 9.90 Å². The average molecular weight is 287 g/mol. The fraction of sp³-hybridized carbons (Fsp3) is 0.611. The molecule has 3 nitrogen and oxygen atoms in total. The van der Waals surface area contributed by atoms with E-state index in [2.05, 4.69) is 17.4 Å². The number of amides is 1. The van der Waals surface area contributed by atoms with Crippen molar-refractivity contribution in [1.29, 1.82) is 0 Å². The Morgan fingerprint density at radius 1 is 1.38 bits per heavy atom. The van der Waals surface area contributed by atoms with Crippen LogP contribution < -0.4 is 5.32 Å². The number of hydrogen-bond acceptors (Lipinski definition) is 2. The molecule has 21 heavy (non-hydrogen) atoms. The van der Waals surface area contributed by atoms with E-state index in [1.54, 1.807) is 6.92 Å². The van der Waals surface area contributed by atoms with Crippen LogP contribution in [-0.2, 0) is 11.2 Å². The third kappa shape index (κ3) is 2.84. The normalized spacial score (nSPS) is 32.1. The monoisotopic (exact) mass is 287 g/mol. The summed E-state index contributed by atoms with van der Waals surface area (Å²) in [7, 11) is 0. The molecule has 2 N–H and O–H groups in total. The lowest BCUT2D eigenvalue weighted by Gasteiger charge is -2.36. The molecular formula is C18H25NO2. The molecule has 0 saturated heterocycles. The molecule has 1 aromatic rings. The van der Waals surface area contributed by atoms with Crippen LogP contribution in [0.5, 0.6) is 0 Å². The number of aliphatic hydroxyl groups is 1. The number of fused-ring (bicyclic) bond motifs is 2. The summed E-state index contributed by atoms with van der Waals surface area (Å²) in [6, 6.07) is 10.4. The highest BCUT2D eigenvalue weighted by atomic mass is 16.3. The van der Waals surface area contributed by atoms with Crippen LogP contribution in [-0.4, -0.2) is 23.7 Å². The van der Waals surface area contributed by atoms with Gasteiger partial charge in [0, 0.05) is 6.54 Å². The number of carbonyl (C=O) groups is 1. The molecule has 0 radical (unpaired) electrons. The number of rotatable bonds is 5. The van der Waals surface area contributed by atoms with E-state index in [0.29, 0.717) is 12.5 Å². The Labute approximate surface area is 126 Å². The van der Waals surface area contributed by atoms with Crippen molar-refractivity contribution in [1.82, 2.24) is 5.32 Å². The first kappa shape index (κ1) is 14.6. The average Bonchev–Trinajstić information content (AvgIpc) is 3.07. The predicted molar refractivity (Wildman–Crippen MR) is 82.7 cm³/mol. The Morgan fingerprint density at radius 2 is 2.14 bits per heavy atom. The van der Waals surface area contributed by atoms with Gasteiger partial charge in [-0.25, -0.2) is 0 Å². The van der Waals surface area contributed by atoms with Crippen LogP contribution in [0, 0.1) is 17.3 Å². The number of aliphatic hydroxyl groups excluding tert-OH is 1. The quantitative estimate of drug-likeness (QED) is 0.874. The minimum Gasteiger partial charge on any atom is -0.392 e. The molecule has 2 bridgehead atoms. The molecule has 2 saturated carbocycles. The first-order chi connectivity index (χ1) is 10.1. The molecule has 0 heterocycles. The highest BCUT2D eigenvalue weighted by molar-refractivity contribution is 5.84. The lowest BCUT2D eigenvalue weighted by Crippen LogP contribution is -2.47. The van der Waals surface area contributed by atoms with Crippen molar-refractivity contribution in [2.45, 2.75) is 45.1 Å². The molecule has 0 aliphatic heterocycles. The van der Waals surface area contributed by atoms with E-state index in [0.717, 1.165) is 18.8 Å². The molecule has 2 aliphatic rings. The number of carbonyl (C=O) groups excluding carboxylic acids is 1. The molecule has 1 amide bonds. The summed E-state index contributed by atoms with van der Waals surface area (Å²) < 4.78 is 0. The number of benzene rings is 1. The molecule has 2 fully saturated rings. The lowest BCUT2D eigenvalue weighted by molar-refractivity contribution is -0.134. The Kier molecular flexibility index (Phi) is 4.03. The second-order valence-corrected chi connectivity index (χ2v) is 6.96. The van der Waals surface area contributed by atoms with Crippen LogP contribution in [0.1, 0.15) is 38.2 Å². The Balaban J connectivity index is 1.80. The fourth-order valence-electron chi connectivity index (χ4n) is 4.40. The Bertz CT molecular complexity index is 499. The second-order valence-electron chi connectivity index (χ2n) is 6.96. The highest BCUT2D eigenvalue weighted by Gasteiger charge is 2.55. The van der Waals surface area contributed by atoms with Crippen LogP contribution >= 0.6 is 0 Å². The van der Waals surface area contributed by atoms with Crippen LogP contribution in [0.3, 0.4) is 0 Å². The van der Waals surface area contributed by atoms with Gasteiger partial charge in [-0.1, -0.05) is 36.8 Å². The standard InChI is InChI=1S/C18H25NO2/c1-13(20)12-19-17(21)18(10-14-5-3-2-4-6-14)11-15-7-8-16(18)9-15/h2-6,13,15-16,20H,7-12H2,1H3,(H,19,21). The van der Waals surface area contributed by atoms with E-state index < -0.39 is 6.10 Å². The van der Waals surface area contributed by atoms with Crippen LogP contribution in [0.25, 0.3) is 0 Å². The molecule has 114 valence electrons. The molecule has 3 heteroatoms. The maximum atomic E-state index is 12.8. The van der Waals surface area contributed by atoms with Crippen molar-refractivity contribution in [3.8, 4) is 0 Å². The van der Waals surface area contributed by atoms with Gasteiger partial charge in [-0.15, -0.1) is 0 Å². The molecule has 0 spiro atoms. The summed E-state index contributed by atoms with van der Waals surface area (Å²) in [5, 5.41) is 12.4. The van der Waals surface area contributed by atoms with Crippen molar-refractivity contribution >= 4 is 5.91 Å². The first-order valence-corrected chi connectivity index (χ1v) is 8.10. The van der Waals surface area contributed by atoms with Gasteiger partial charge in [0.1, 0.15) is 0 Å². The molecule has 0 aromatic heterocycles. The highest BCUT2D eigenvalue weighted by Crippen LogP contribution is 2.57. The van der Waals surface area contributed by atoms with Gasteiger partial charge < -0.3 is 10.4 Å². The first-order valence-electron chi connectivity index (χ1n) is 8.10. The summed E-state index contributed by atoms with van der Waals surface area (Å²) >= 11 is 0. The summed E-state index contributed by atoms with van der Waals surface area (Å²) in [5.74, 6) is 1.38. The molecule has 4 atom stereocenters. The second kappa shape index (κ2) is 5.80. The van der Waals surface area contributed by atoms with Crippen molar-refractivity contribution in [3.05, 3.63) is 35.9 Å². The van der Waals surface area contributed by atoms with Gasteiger partial charge >= 0.3 is 0 Å². The van der Waals surface area contributed by atoms with E-state index in [9.17, 15) is 9.90 Å². The van der Waals surface area contributed by atoms with E-state index in [4.69, 9.17) is 0 Å². The minimum absolute atomic E-state index is 0.152. The topological polar surface area (TPSA) is 49.3 Å². The van der Waals surface area contributed by atoms with E-state index >= 15 is 0 Å². The van der Waals surface area contributed by atoms with E-state index in [-0.39, 0.29) is 11.3 Å². The molecule has 2 aliphatic carbocycles. The maximum Gasteiger partial charge on any atom is 0.226 e. The zero-order chi connectivity index (χ0) is 14.9. The third-order valence-corrected chi connectivity index (χ3v) is 5.35. The summed E-state index contributed by atoms with van der Waals surface area (Å²) in [4.78, 5) is 12.8. The smallest absolute Gasteiger partial charge is 0.226 e. The third-order valence-electron chi connectivity index (χ3n) is 5.35. The SMILES string of the molecule is CC(O)CNC(=O)C1(Cc2ccccc2)CC2CCC1C2. The van der Waals surface area contributed by atoms with Gasteiger partial charge in [0.25, 0.3) is 0 Å². The van der Waals surface area contributed by atoms with Crippen molar-refractivity contribution in [2.75, 3.05) is 6.54 Å². The van der Waals surface area contributed by atoms with Gasteiger partial charge in [-0.3, -0.25) is 4.79 Å². The van der Waals surface area contributed by atoms with Crippen LogP contribution in [0.2, 0.25) is 0 Å². The number of hydrogen-bond donors (Lipinski definition) is 2. The zero-order valence-electron chi connectivity index (χ0n) is 12.7. The number of nitrogens with one attached hydrogen (secondary N) is 1. The van der Waals surface area contributed by atoms with E-state index in [1.165, 1.54) is 24.8 Å². The van der Waals surface area contributed by atoms with Gasteiger partial charge in [0.2, 0.25) is 5.91 Å². The summed E-state index contributed by atoms with van der Waals surface area (Å²) in [6.07, 6.45) is 5.03. The summed E-state index contributed by atoms with van der Waals surface area (Å²) in [5.41, 5.74) is 0.997. The van der Waals surface area contributed by atoms with E-state index in [1.807, 2.05) is 18.2 Å². The molecular weight excluding hydrogens is 262 g/mol. The van der Waals surface area contributed by atoms with Gasteiger partial charge in [-0.05, 0) is 50.0 Å². The Morgan fingerprint density at radius 3 is 2.71 bits per heavy atom. The maximum absolute atomic E-state index is 12.8. The van der Waals surface area contributed by atoms with Crippen LogP contribution in [0.15, 0.2) is 30.3 Å². The summed E-state index contributed by atoms with van der Waals surface area (Å²) in [6.45, 7) is 2.07. The van der Waals surface area contributed by atoms with Gasteiger partial charge in [0.05, 0.1) is 11.5 Å². The molecule has 1 aromatic carbocycles. The largest absolute Gasteiger partial charge is 0.392 e. The molecule has 4 unspecified atom stereocenters. The zero-order valence-corrected chi connectivity index (χ0v) is 12.7. The lowest BCUT2D eigenvalue weighted by atomic mass is 9.68. The van der Waals surface area contributed by atoms with Crippen molar-refractivity contribution in [2.24, 2.45) is 17.3 Å². The van der Waals surface area contributed by atoms with Crippen LogP contribution in [0.4, 0.5) is 0 Å². The van der Waals surface area contributed by atoms with Gasteiger partial charge in [-0.2, -0.15) is 0 Å². The Hall–Kier alpha value is -1.35.